The van der Waals surface area contributed by atoms with E-state index in [4.69, 9.17) is 4.74 Å². The molecular formula is C17H18N4O. The molecule has 1 aromatic heterocycles. The minimum absolute atomic E-state index is 0.0968. The average molecular weight is 294 g/mol. The number of anilines is 1. The Labute approximate surface area is 130 Å². The number of hydrogen-bond acceptors (Lipinski definition) is 5. The maximum absolute atomic E-state index is 9.66. The molecule has 1 aliphatic heterocycles. The largest absolute Gasteiger partial charge is 0.481 e. The van der Waals surface area contributed by atoms with Gasteiger partial charge in [0.2, 0.25) is 11.8 Å². The van der Waals surface area contributed by atoms with E-state index < -0.39 is 0 Å². The second-order valence-corrected chi connectivity index (χ2v) is 5.32. The third-order valence-corrected chi connectivity index (χ3v) is 4.07. The van der Waals surface area contributed by atoms with Crippen LogP contribution in [-0.4, -0.2) is 29.7 Å². The van der Waals surface area contributed by atoms with Gasteiger partial charge in [-0.2, -0.15) is 10.2 Å². The predicted octanol–water partition coefficient (Wildman–Crippen LogP) is 2.76. The fraction of sp³-hybridized carbons (Fsp3) is 0.353. The molecule has 0 spiro atoms. The van der Waals surface area contributed by atoms with Crippen molar-refractivity contribution in [2.24, 2.45) is 0 Å². The molecule has 1 aromatic carbocycles. The summed E-state index contributed by atoms with van der Waals surface area (Å²) in [5, 5.41) is 9.66. The quantitative estimate of drug-likeness (QED) is 0.867. The van der Waals surface area contributed by atoms with Crippen molar-refractivity contribution >= 4 is 5.95 Å². The first-order valence-electron chi connectivity index (χ1n) is 7.41. The highest BCUT2D eigenvalue weighted by molar-refractivity contribution is 5.40. The van der Waals surface area contributed by atoms with Gasteiger partial charge in [-0.25, -0.2) is 4.98 Å². The van der Waals surface area contributed by atoms with Crippen LogP contribution in [0.1, 0.15) is 24.3 Å². The number of nitrogens with zero attached hydrogens (tertiary/aromatic N) is 4. The highest BCUT2D eigenvalue weighted by Gasteiger charge is 2.34. The van der Waals surface area contributed by atoms with Gasteiger partial charge in [-0.1, -0.05) is 30.3 Å². The fourth-order valence-corrected chi connectivity index (χ4v) is 3.01. The van der Waals surface area contributed by atoms with E-state index in [1.54, 1.807) is 19.4 Å². The van der Waals surface area contributed by atoms with E-state index in [1.165, 1.54) is 0 Å². The summed E-state index contributed by atoms with van der Waals surface area (Å²) in [5.74, 6) is 1.00. The highest BCUT2D eigenvalue weighted by atomic mass is 16.5. The Hall–Kier alpha value is -2.61. The molecule has 2 heterocycles. The van der Waals surface area contributed by atoms with Gasteiger partial charge >= 0.3 is 0 Å². The number of aromatic nitrogens is 2. The monoisotopic (exact) mass is 294 g/mol. The molecule has 1 saturated heterocycles. The molecule has 1 fully saturated rings. The molecule has 0 radical (unpaired) electrons. The Bertz CT molecular complexity index is 668. The Balaban J connectivity index is 1.90. The first-order valence-corrected chi connectivity index (χ1v) is 7.41. The van der Waals surface area contributed by atoms with Crippen molar-refractivity contribution in [1.82, 2.24) is 9.97 Å². The molecule has 22 heavy (non-hydrogen) atoms. The molecular weight excluding hydrogens is 276 g/mol. The van der Waals surface area contributed by atoms with E-state index in [9.17, 15) is 5.26 Å². The molecule has 2 unspecified atom stereocenters. The zero-order valence-electron chi connectivity index (χ0n) is 12.5. The van der Waals surface area contributed by atoms with Gasteiger partial charge in [0.1, 0.15) is 0 Å². The van der Waals surface area contributed by atoms with Crippen molar-refractivity contribution in [3.05, 3.63) is 48.2 Å². The maximum Gasteiger partial charge on any atom is 0.228 e. The number of nitriles is 1. The number of hydrogen-bond donors (Lipinski definition) is 0. The van der Waals surface area contributed by atoms with Gasteiger partial charge < -0.3 is 9.64 Å². The van der Waals surface area contributed by atoms with Crippen LogP contribution in [0.2, 0.25) is 0 Å². The maximum atomic E-state index is 9.66. The van der Waals surface area contributed by atoms with E-state index in [1.807, 2.05) is 30.3 Å². The van der Waals surface area contributed by atoms with Crippen LogP contribution in [0.5, 0.6) is 5.88 Å². The number of ether oxygens (including phenoxy) is 1. The van der Waals surface area contributed by atoms with Crippen molar-refractivity contribution in [2.45, 2.75) is 24.8 Å². The van der Waals surface area contributed by atoms with Gasteiger partial charge in [-0.15, -0.1) is 0 Å². The molecule has 0 amide bonds. The van der Waals surface area contributed by atoms with Crippen molar-refractivity contribution in [2.75, 3.05) is 18.6 Å². The third kappa shape index (κ3) is 2.73. The SMILES string of the molecule is COc1ccnc(N2CCCC2C(C#N)c2ccccc2)n1. The average Bonchev–Trinajstić information content (AvgIpc) is 3.06. The standard InChI is InChI=1S/C17H18N4O/c1-22-16-9-10-19-17(20-16)21-11-5-8-15(21)14(12-18)13-6-3-2-4-7-13/h2-4,6-7,9-10,14-15H,5,8,11H2,1H3. The van der Waals surface area contributed by atoms with Gasteiger partial charge in [0.25, 0.3) is 0 Å². The lowest BCUT2D eigenvalue weighted by atomic mass is 9.91. The van der Waals surface area contributed by atoms with Gasteiger partial charge in [0, 0.05) is 18.8 Å². The first-order chi connectivity index (χ1) is 10.8. The van der Waals surface area contributed by atoms with E-state index in [0.29, 0.717) is 11.8 Å². The van der Waals surface area contributed by atoms with Crippen LogP contribution >= 0.6 is 0 Å². The van der Waals surface area contributed by atoms with Gasteiger partial charge in [0.05, 0.1) is 25.1 Å². The summed E-state index contributed by atoms with van der Waals surface area (Å²) in [6.45, 7) is 0.864. The van der Waals surface area contributed by atoms with Crippen LogP contribution < -0.4 is 9.64 Å². The summed E-state index contributed by atoms with van der Waals surface area (Å²) in [4.78, 5) is 10.9. The summed E-state index contributed by atoms with van der Waals surface area (Å²) in [6, 6.07) is 14.2. The van der Waals surface area contributed by atoms with Crippen LogP contribution in [0.25, 0.3) is 0 Å². The summed E-state index contributed by atoms with van der Waals surface area (Å²) < 4.78 is 5.18. The summed E-state index contributed by atoms with van der Waals surface area (Å²) in [7, 11) is 1.59. The van der Waals surface area contributed by atoms with Crippen LogP contribution in [0.4, 0.5) is 5.95 Å². The van der Waals surface area contributed by atoms with E-state index in [0.717, 1.165) is 24.9 Å². The first kappa shape index (κ1) is 14.3. The zero-order valence-corrected chi connectivity index (χ0v) is 12.5. The Kier molecular flexibility index (Phi) is 4.19. The molecule has 0 bridgehead atoms. The van der Waals surface area contributed by atoms with Crippen LogP contribution in [-0.2, 0) is 0 Å². The number of methoxy groups -OCH3 is 1. The molecule has 5 nitrogen and oxygen atoms in total. The normalized spacial score (nSPS) is 18.7. The zero-order chi connectivity index (χ0) is 15.4. The molecule has 5 heteroatoms. The van der Waals surface area contributed by atoms with Crippen LogP contribution in [0.3, 0.4) is 0 Å². The molecule has 1 aliphatic rings. The minimum atomic E-state index is -0.182. The highest BCUT2D eigenvalue weighted by Crippen LogP contribution is 2.33. The van der Waals surface area contributed by atoms with Crippen molar-refractivity contribution in [3.8, 4) is 11.9 Å². The molecule has 0 N–H and O–H groups in total. The Morgan fingerprint density at radius 3 is 2.86 bits per heavy atom. The third-order valence-electron chi connectivity index (χ3n) is 4.07. The van der Waals surface area contributed by atoms with Crippen molar-refractivity contribution in [1.29, 1.82) is 5.26 Å². The lowest BCUT2D eigenvalue weighted by Gasteiger charge is -2.28. The Morgan fingerprint density at radius 2 is 2.14 bits per heavy atom. The molecule has 2 atom stereocenters. The second-order valence-electron chi connectivity index (χ2n) is 5.32. The van der Waals surface area contributed by atoms with Crippen LogP contribution in [0, 0.1) is 11.3 Å². The molecule has 2 aromatic rings. The molecule has 0 saturated carbocycles. The summed E-state index contributed by atoms with van der Waals surface area (Å²) in [6.07, 6.45) is 3.70. The predicted molar refractivity (Wildman–Crippen MR) is 83.7 cm³/mol. The van der Waals surface area contributed by atoms with E-state index >= 15 is 0 Å². The molecule has 112 valence electrons. The fourth-order valence-electron chi connectivity index (χ4n) is 3.01. The number of rotatable bonds is 4. The summed E-state index contributed by atoms with van der Waals surface area (Å²) >= 11 is 0. The van der Waals surface area contributed by atoms with Crippen molar-refractivity contribution in [3.63, 3.8) is 0 Å². The topological polar surface area (TPSA) is 62.0 Å². The lowest BCUT2D eigenvalue weighted by Crippen LogP contribution is -2.35. The smallest absolute Gasteiger partial charge is 0.228 e. The molecule has 0 aliphatic carbocycles. The summed E-state index contributed by atoms with van der Waals surface area (Å²) in [5.41, 5.74) is 1.05. The lowest BCUT2D eigenvalue weighted by molar-refractivity contribution is 0.396. The van der Waals surface area contributed by atoms with Crippen molar-refractivity contribution < 1.29 is 4.74 Å². The second kappa shape index (κ2) is 6.44. The van der Waals surface area contributed by atoms with E-state index in [-0.39, 0.29) is 12.0 Å². The minimum Gasteiger partial charge on any atom is -0.481 e. The molecule has 3 rings (SSSR count). The van der Waals surface area contributed by atoms with Crippen LogP contribution in [0.15, 0.2) is 42.6 Å². The number of benzene rings is 1. The van der Waals surface area contributed by atoms with E-state index in [2.05, 4.69) is 20.9 Å². The van der Waals surface area contributed by atoms with Gasteiger partial charge in [-0.05, 0) is 18.4 Å². The Morgan fingerprint density at radius 1 is 1.32 bits per heavy atom. The van der Waals surface area contributed by atoms with Gasteiger partial charge in [-0.3, -0.25) is 0 Å². The van der Waals surface area contributed by atoms with Gasteiger partial charge in [0.15, 0.2) is 0 Å².